The number of aromatic amines is 1. The van der Waals surface area contributed by atoms with E-state index < -0.39 is 6.09 Å². The quantitative estimate of drug-likeness (QED) is 0.850. The first kappa shape index (κ1) is 11.9. The number of fused-ring (bicyclic) bond motifs is 1. The summed E-state index contributed by atoms with van der Waals surface area (Å²) in [6, 6.07) is 1.99. The second-order valence-corrected chi connectivity index (χ2v) is 4.52. The maximum atomic E-state index is 11.1. The number of nitrogens with zero attached hydrogens (tertiary/aromatic N) is 1. The van der Waals surface area contributed by atoms with E-state index in [0.717, 1.165) is 26.6 Å². The molecule has 1 amide bonds. The zero-order valence-corrected chi connectivity index (χ0v) is 11.3. The van der Waals surface area contributed by atoms with Gasteiger partial charge in [-0.05, 0) is 47.0 Å². The minimum atomic E-state index is -0.548. The third kappa shape index (κ3) is 2.12. The molecule has 17 heavy (non-hydrogen) atoms. The third-order valence-corrected chi connectivity index (χ3v) is 3.60. The Morgan fingerprint density at radius 1 is 1.53 bits per heavy atom. The van der Waals surface area contributed by atoms with Crippen LogP contribution in [0.15, 0.2) is 10.5 Å². The summed E-state index contributed by atoms with van der Waals surface area (Å²) >= 11 is 3.50. The molecule has 1 heterocycles. The molecule has 0 aliphatic heterocycles. The number of aromatic nitrogens is 2. The van der Waals surface area contributed by atoms with E-state index in [1.54, 1.807) is 0 Å². The van der Waals surface area contributed by atoms with Crippen molar-refractivity contribution in [2.75, 3.05) is 12.4 Å². The topological polar surface area (TPSA) is 67.0 Å². The Bertz CT molecular complexity index is 592. The lowest BCUT2D eigenvalue weighted by Gasteiger charge is -2.02. The van der Waals surface area contributed by atoms with Crippen molar-refractivity contribution in [2.45, 2.75) is 13.8 Å². The molecule has 6 heteroatoms. The third-order valence-electron chi connectivity index (χ3n) is 2.63. The lowest BCUT2D eigenvalue weighted by atomic mass is 10.1. The van der Waals surface area contributed by atoms with Crippen LogP contribution in [0.5, 0.6) is 0 Å². The molecular formula is C11H12BrN3O2. The number of hydrogen-bond donors (Lipinski definition) is 2. The van der Waals surface area contributed by atoms with Gasteiger partial charge in [0.25, 0.3) is 0 Å². The summed E-state index contributed by atoms with van der Waals surface area (Å²) in [5.41, 5.74) is 3.94. The van der Waals surface area contributed by atoms with E-state index in [2.05, 4.69) is 36.0 Å². The van der Waals surface area contributed by atoms with E-state index in [1.807, 2.05) is 19.9 Å². The molecule has 2 aromatic rings. The fraction of sp³-hybridized carbons (Fsp3) is 0.273. The minimum Gasteiger partial charge on any atom is -0.453 e. The number of H-pyrrole nitrogens is 1. The van der Waals surface area contributed by atoms with Gasteiger partial charge in [0.05, 0.1) is 12.6 Å². The molecule has 0 aliphatic rings. The highest BCUT2D eigenvalue weighted by molar-refractivity contribution is 9.10. The van der Waals surface area contributed by atoms with Crippen molar-refractivity contribution in [3.8, 4) is 0 Å². The van der Waals surface area contributed by atoms with Gasteiger partial charge in [-0.3, -0.25) is 5.32 Å². The van der Waals surface area contributed by atoms with Crippen molar-refractivity contribution in [3.05, 3.63) is 21.7 Å². The smallest absolute Gasteiger partial charge is 0.413 e. The van der Waals surface area contributed by atoms with Crippen molar-refractivity contribution in [2.24, 2.45) is 0 Å². The van der Waals surface area contributed by atoms with Gasteiger partial charge in [-0.15, -0.1) is 0 Å². The zero-order chi connectivity index (χ0) is 12.6. The highest BCUT2D eigenvalue weighted by Gasteiger charge is 2.11. The van der Waals surface area contributed by atoms with Crippen LogP contribution < -0.4 is 5.32 Å². The zero-order valence-electron chi connectivity index (χ0n) is 9.72. The molecule has 0 saturated heterocycles. The molecule has 5 nitrogen and oxygen atoms in total. The first-order valence-electron chi connectivity index (χ1n) is 5.03. The second kappa shape index (κ2) is 4.37. The van der Waals surface area contributed by atoms with Crippen molar-refractivity contribution in [3.63, 3.8) is 0 Å². The number of imidazole rings is 1. The number of rotatable bonds is 1. The predicted molar refractivity (Wildman–Crippen MR) is 69.3 cm³/mol. The van der Waals surface area contributed by atoms with E-state index in [4.69, 9.17) is 0 Å². The molecule has 0 saturated carbocycles. The molecule has 0 bridgehead atoms. The predicted octanol–water partition coefficient (Wildman–Crippen LogP) is 3.12. The van der Waals surface area contributed by atoms with E-state index in [0.29, 0.717) is 5.95 Å². The Kier molecular flexibility index (Phi) is 3.06. The Morgan fingerprint density at radius 3 is 2.88 bits per heavy atom. The van der Waals surface area contributed by atoms with Gasteiger partial charge < -0.3 is 9.72 Å². The lowest BCUT2D eigenvalue weighted by Crippen LogP contribution is -2.11. The van der Waals surface area contributed by atoms with Crippen LogP contribution >= 0.6 is 15.9 Å². The molecule has 1 aromatic heterocycles. The van der Waals surface area contributed by atoms with Crippen molar-refractivity contribution < 1.29 is 9.53 Å². The fourth-order valence-electron chi connectivity index (χ4n) is 1.54. The Labute approximate surface area is 107 Å². The number of carbonyl (C=O) groups excluding carboxylic acids is 1. The first-order valence-corrected chi connectivity index (χ1v) is 5.82. The number of aryl methyl sites for hydroxylation is 1. The average Bonchev–Trinajstić information content (AvgIpc) is 2.68. The molecule has 0 fully saturated rings. The SMILES string of the molecule is COC(=O)Nc1nc2c(Br)c(C)c(C)cc2[nH]1. The summed E-state index contributed by atoms with van der Waals surface area (Å²) in [6.07, 6.45) is -0.548. The van der Waals surface area contributed by atoms with Gasteiger partial charge in [0.15, 0.2) is 0 Å². The Morgan fingerprint density at radius 2 is 2.24 bits per heavy atom. The van der Waals surface area contributed by atoms with Gasteiger partial charge in [-0.1, -0.05) is 0 Å². The lowest BCUT2D eigenvalue weighted by molar-refractivity contribution is 0.186. The number of carbonyl (C=O) groups is 1. The molecule has 0 unspecified atom stereocenters. The van der Waals surface area contributed by atoms with Crippen LogP contribution in [0, 0.1) is 13.8 Å². The summed E-state index contributed by atoms with van der Waals surface area (Å²) in [5.74, 6) is 0.373. The largest absolute Gasteiger partial charge is 0.453 e. The highest BCUT2D eigenvalue weighted by Crippen LogP contribution is 2.29. The molecule has 0 atom stereocenters. The number of anilines is 1. The van der Waals surface area contributed by atoms with Gasteiger partial charge in [-0.2, -0.15) is 0 Å². The molecule has 0 spiro atoms. The summed E-state index contributed by atoms with van der Waals surface area (Å²) in [5, 5.41) is 2.50. The number of nitrogens with one attached hydrogen (secondary N) is 2. The summed E-state index contributed by atoms with van der Waals surface area (Å²) < 4.78 is 5.44. The van der Waals surface area contributed by atoms with E-state index in [9.17, 15) is 4.79 Å². The normalized spacial score (nSPS) is 10.6. The number of amides is 1. The number of halogens is 1. The van der Waals surface area contributed by atoms with Crippen molar-refractivity contribution >= 4 is 39.0 Å². The summed E-state index contributed by atoms with van der Waals surface area (Å²) in [6.45, 7) is 4.04. The van der Waals surface area contributed by atoms with Crippen LogP contribution in [0.25, 0.3) is 11.0 Å². The molecule has 2 rings (SSSR count). The van der Waals surface area contributed by atoms with Gasteiger partial charge >= 0.3 is 6.09 Å². The number of ether oxygens (including phenoxy) is 1. The molecule has 1 aromatic carbocycles. The van der Waals surface area contributed by atoms with Crippen LogP contribution in [0.3, 0.4) is 0 Å². The van der Waals surface area contributed by atoms with Crippen LogP contribution in [0.4, 0.5) is 10.7 Å². The number of hydrogen-bond acceptors (Lipinski definition) is 3. The van der Waals surface area contributed by atoms with Crippen molar-refractivity contribution in [1.29, 1.82) is 0 Å². The summed E-state index contributed by atoms with van der Waals surface area (Å²) in [7, 11) is 1.31. The van der Waals surface area contributed by atoms with Crippen LogP contribution in [-0.4, -0.2) is 23.2 Å². The monoisotopic (exact) mass is 297 g/mol. The van der Waals surface area contributed by atoms with Crippen molar-refractivity contribution in [1.82, 2.24) is 9.97 Å². The second-order valence-electron chi connectivity index (χ2n) is 3.73. The van der Waals surface area contributed by atoms with Gasteiger partial charge in [0.2, 0.25) is 5.95 Å². The number of methoxy groups -OCH3 is 1. The molecule has 90 valence electrons. The standard InChI is InChI=1S/C11H12BrN3O2/c1-5-4-7-9(8(12)6(5)2)14-10(13-7)15-11(16)17-3/h4H,1-3H3,(H2,13,14,15,16). The van der Waals surface area contributed by atoms with E-state index in [1.165, 1.54) is 7.11 Å². The van der Waals surface area contributed by atoms with Gasteiger partial charge in [-0.25, -0.2) is 9.78 Å². The average molecular weight is 298 g/mol. The first-order chi connectivity index (χ1) is 8.02. The van der Waals surface area contributed by atoms with Gasteiger partial charge in [0, 0.05) is 4.47 Å². The number of benzene rings is 1. The fourth-order valence-corrected chi connectivity index (χ4v) is 2.16. The van der Waals surface area contributed by atoms with Gasteiger partial charge in [0.1, 0.15) is 5.52 Å². The molecule has 0 aliphatic carbocycles. The van der Waals surface area contributed by atoms with Crippen LogP contribution in [-0.2, 0) is 4.74 Å². The maximum absolute atomic E-state index is 11.1. The van der Waals surface area contributed by atoms with E-state index >= 15 is 0 Å². The Hall–Kier alpha value is -1.56. The Balaban J connectivity index is 2.50. The highest BCUT2D eigenvalue weighted by atomic mass is 79.9. The van der Waals surface area contributed by atoms with Crippen LogP contribution in [0.1, 0.15) is 11.1 Å². The summed E-state index contributed by atoms with van der Waals surface area (Å²) in [4.78, 5) is 18.4. The van der Waals surface area contributed by atoms with Crippen LogP contribution in [0.2, 0.25) is 0 Å². The minimum absolute atomic E-state index is 0.373. The van der Waals surface area contributed by atoms with E-state index in [-0.39, 0.29) is 0 Å². The maximum Gasteiger partial charge on any atom is 0.413 e. The molecule has 0 radical (unpaired) electrons. The molecular weight excluding hydrogens is 286 g/mol. The molecule has 2 N–H and O–H groups in total.